The number of thioether (sulfide) groups is 1. The molecule has 2 aromatic heterocycles. The molecular formula is C25H42N4O3S2Si. The number of aromatic nitrogens is 2. The average Bonchev–Trinajstić information content (AvgIpc) is 3.45. The normalized spacial score (nSPS) is 16.4. The molecule has 0 saturated carbocycles. The summed E-state index contributed by atoms with van der Waals surface area (Å²) in [5.41, 5.74) is -0.142. The van der Waals surface area contributed by atoms with E-state index in [0.717, 1.165) is 42.4 Å². The number of unbranched alkanes of at least 4 members (excludes halogenated alkanes) is 1. The smallest absolute Gasteiger partial charge is 0.229 e. The Morgan fingerprint density at radius 3 is 2.66 bits per heavy atom. The number of hydrogen-bond donors (Lipinski definition) is 1. The van der Waals surface area contributed by atoms with Gasteiger partial charge in [0, 0.05) is 17.9 Å². The lowest BCUT2D eigenvalue weighted by molar-refractivity contribution is -0.121. The second kappa shape index (κ2) is 12.9. The first-order chi connectivity index (χ1) is 16.6. The van der Waals surface area contributed by atoms with Crippen LogP contribution < -0.4 is 5.32 Å². The van der Waals surface area contributed by atoms with Gasteiger partial charge in [-0.1, -0.05) is 51.9 Å². The predicted octanol–water partition coefficient (Wildman–Crippen LogP) is 5.47. The number of carbonyl (C=O) groups excluding carboxylic acids is 1. The number of anilines is 1. The van der Waals surface area contributed by atoms with Crippen molar-refractivity contribution < 1.29 is 13.6 Å². The second-order valence-electron chi connectivity index (χ2n) is 11.0. The van der Waals surface area contributed by atoms with Gasteiger partial charge in [0.2, 0.25) is 11.8 Å². The Bertz CT molecular complexity index is 933. The van der Waals surface area contributed by atoms with Gasteiger partial charge < -0.3 is 19.1 Å². The van der Waals surface area contributed by atoms with Crippen molar-refractivity contribution in [3.8, 4) is 0 Å². The maximum atomic E-state index is 12.8. The number of oxazole rings is 1. The Morgan fingerprint density at radius 2 is 2.00 bits per heavy atom. The number of nitrogens with one attached hydrogen (secondary N) is 1. The Morgan fingerprint density at radius 1 is 1.26 bits per heavy atom. The van der Waals surface area contributed by atoms with Crippen molar-refractivity contribution in [3.63, 3.8) is 0 Å². The van der Waals surface area contributed by atoms with E-state index in [-0.39, 0.29) is 22.8 Å². The molecule has 0 aliphatic carbocycles. The third-order valence-electron chi connectivity index (χ3n) is 6.15. The maximum absolute atomic E-state index is 12.8. The maximum Gasteiger partial charge on any atom is 0.229 e. The molecule has 1 aliphatic heterocycles. The van der Waals surface area contributed by atoms with Gasteiger partial charge in [0.1, 0.15) is 5.76 Å². The minimum Gasteiger partial charge on any atom is -0.444 e. The molecule has 1 fully saturated rings. The van der Waals surface area contributed by atoms with Crippen LogP contribution >= 0.6 is 23.1 Å². The fourth-order valence-electron chi connectivity index (χ4n) is 4.09. The van der Waals surface area contributed by atoms with E-state index in [1.807, 2.05) is 12.4 Å². The number of thiazole rings is 1. The highest BCUT2D eigenvalue weighted by atomic mass is 32.2. The topological polar surface area (TPSA) is 80.5 Å². The summed E-state index contributed by atoms with van der Waals surface area (Å²) in [6.07, 6.45) is 7.90. The zero-order valence-electron chi connectivity index (χ0n) is 22.2. The highest BCUT2D eigenvalue weighted by Gasteiger charge is 2.29. The third kappa shape index (κ3) is 9.31. The Labute approximate surface area is 221 Å². The molecule has 10 heteroatoms. The second-order valence-corrected chi connectivity index (χ2v) is 14.7. The van der Waals surface area contributed by atoms with Gasteiger partial charge in [0.25, 0.3) is 0 Å². The van der Waals surface area contributed by atoms with Crippen LogP contribution in [-0.4, -0.2) is 55.8 Å². The molecular weight excluding hydrogens is 497 g/mol. The van der Waals surface area contributed by atoms with Crippen molar-refractivity contribution in [3.05, 3.63) is 24.0 Å². The van der Waals surface area contributed by atoms with Gasteiger partial charge in [0.05, 0.1) is 28.0 Å². The van der Waals surface area contributed by atoms with Crippen molar-refractivity contribution in [2.45, 2.75) is 94.2 Å². The number of piperidine rings is 1. The molecule has 7 nitrogen and oxygen atoms in total. The van der Waals surface area contributed by atoms with E-state index in [9.17, 15) is 4.79 Å². The van der Waals surface area contributed by atoms with E-state index < -0.39 is 9.76 Å². The number of rotatable bonds is 12. The monoisotopic (exact) mass is 538 g/mol. The van der Waals surface area contributed by atoms with Crippen molar-refractivity contribution in [2.75, 3.05) is 25.0 Å². The molecule has 35 heavy (non-hydrogen) atoms. The van der Waals surface area contributed by atoms with Crippen LogP contribution in [-0.2, 0) is 20.4 Å². The lowest BCUT2D eigenvalue weighted by Gasteiger charge is -2.37. The predicted molar refractivity (Wildman–Crippen MR) is 148 cm³/mol. The molecule has 0 bridgehead atoms. The van der Waals surface area contributed by atoms with Crippen molar-refractivity contribution >= 4 is 43.9 Å². The quantitative estimate of drug-likeness (QED) is 0.218. The van der Waals surface area contributed by atoms with Crippen LogP contribution in [0, 0.1) is 5.92 Å². The van der Waals surface area contributed by atoms with Crippen LogP contribution in [0.25, 0.3) is 0 Å². The molecule has 0 unspecified atom stereocenters. The summed E-state index contributed by atoms with van der Waals surface area (Å²) in [6.45, 7) is 15.8. The molecule has 1 aliphatic rings. The van der Waals surface area contributed by atoms with Gasteiger partial charge in [-0.05, 0) is 45.8 Å². The summed E-state index contributed by atoms with van der Waals surface area (Å²) in [4.78, 5) is 24.1. The van der Waals surface area contributed by atoms with Gasteiger partial charge in [0.15, 0.2) is 14.9 Å². The summed E-state index contributed by atoms with van der Waals surface area (Å²) < 4.78 is 13.2. The summed E-state index contributed by atoms with van der Waals surface area (Å²) in [5, 5.41) is 3.70. The molecule has 0 aromatic carbocycles. The van der Waals surface area contributed by atoms with Crippen LogP contribution in [0.15, 0.2) is 21.0 Å². The number of carbonyl (C=O) groups is 1. The summed E-state index contributed by atoms with van der Waals surface area (Å²) in [5.74, 6) is 2.37. The van der Waals surface area contributed by atoms with E-state index in [4.69, 9.17) is 8.84 Å². The first-order valence-corrected chi connectivity index (χ1v) is 16.1. The van der Waals surface area contributed by atoms with Gasteiger partial charge >= 0.3 is 0 Å². The largest absolute Gasteiger partial charge is 0.444 e. The van der Waals surface area contributed by atoms with Crippen LogP contribution in [0.5, 0.6) is 0 Å². The number of likely N-dealkylation sites (tertiary alicyclic amines) is 1. The molecule has 3 heterocycles. The van der Waals surface area contributed by atoms with Gasteiger partial charge in [-0.3, -0.25) is 4.79 Å². The lowest BCUT2D eigenvalue weighted by atomic mass is 9.94. The molecule has 196 valence electrons. The number of amides is 1. The SMILES string of the molecule is CCCC[SiH2]OC(C)(C)CN1CCC(C(=O)Nc2ncc(SCc3ncc(C(C)(C)C)o3)s2)CC1. The molecule has 2 aromatic rings. The molecule has 3 rings (SSSR count). The van der Waals surface area contributed by atoms with Crippen LogP contribution in [0.3, 0.4) is 0 Å². The minimum atomic E-state index is -0.436. The standard InChI is InChI=1S/C25H42N4O3S2Si/c1-7-8-13-35-32-25(5,6)17-29-11-9-18(10-12-29)22(30)28-23-27-15-21(34-23)33-16-20-26-14-19(31-20)24(2,3)4/h14-15,18H,7-13,16-17,35H2,1-6H3,(H,27,28,30). The number of hydrogen-bond acceptors (Lipinski definition) is 8. The summed E-state index contributed by atoms with van der Waals surface area (Å²) in [6, 6.07) is 1.26. The zero-order valence-corrected chi connectivity index (χ0v) is 25.2. The molecule has 0 spiro atoms. The summed E-state index contributed by atoms with van der Waals surface area (Å²) in [7, 11) is -0.436. The van der Waals surface area contributed by atoms with E-state index in [1.54, 1.807) is 11.8 Å². The van der Waals surface area contributed by atoms with E-state index in [0.29, 0.717) is 16.8 Å². The van der Waals surface area contributed by atoms with Crippen molar-refractivity contribution in [1.29, 1.82) is 0 Å². The molecule has 0 atom stereocenters. The third-order valence-corrected chi connectivity index (χ3v) is 10.0. The Kier molecular flexibility index (Phi) is 10.4. The van der Waals surface area contributed by atoms with Crippen molar-refractivity contribution in [2.24, 2.45) is 5.92 Å². The first-order valence-electron chi connectivity index (χ1n) is 12.8. The van der Waals surface area contributed by atoms with Gasteiger partial charge in [-0.2, -0.15) is 0 Å². The van der Waals surface area contributed by atoms with Crippen LogP contribution in [0.4, 0.5) is 5.13 Å². The molecule has 1 saturated heterocycles. The lowest BCUT2D eigenvalue weighted by Crippen LogP contribution is -2.46. The Hall–Kier alpha value is -1.20. The van der Waals surface area contributed by atoms with Gasteiger partial charge in [-0.15, -0.1) is 11.8 Å². The van der Waals surface area contributed by atoms with Crippen molar-refractivity contribution in [1.82, 2.24) is 14.9 Å². The molecule has 1 amide bonds. The van der Waals surface area contributed by atoms with E-state index in [1.165, 1.54) is 30.2 Å². The fourth-order valence-corrected chi connectivity index (χ4v) is 7.31. The summed E-state index contributed by atoms with van der Waals surface area (Å²) >= 11 is 3.13. The van der Waals surface area contributed by atoms with Gasteiger partial charge in [-0.25, -0.2) is 9.97 Å². The molecule has 1 N–H and O–H groups in total. The van der Waals surface area contributed by atoms with E-state index >= 15 is 0 Å². The highest BCUT2D eigenvalue weighted by Crippen LogP contribution is 2.32. The fraction of sp³-hybridized carbons (Fsp3) is 0.720. The number of nitrogens with zero attached hydrogens (tertiary/aromatic N) is 3. The first kappa shape index (κ1) is 28.4. The Balaban J connectivity index is 1.39. The average molecular weight is 539 g/mol. The molecule has 0 radical (unpaired) electrons. The van der Waals surface area contributed by atoms with E-state index in [2.05, 4.69) is 61.7 Å². The zero-order chi connectivity index (χ0) is 25.5. The van der Waals surface area contributed by atoms with Crippen LogP contribution in [0.1, 0.15) is 78.9 Å². The highest BCUT2D eigenvalue weighted by molar-refractivity contribution is 8.00. The minimum absolute atomic E-state index is 0.0392. The van der Waals surface area contributed by atoms with Crippen LogP contribution in [0.2, 0.25) is 6.04 Å².